The van der Waals surface area contributed by atoms with E-state index in [-0.39, 0.29) is 12.4 Å². The van der Waals surface area contributed by atoms with Crippen LogP contribution in [0.2, 0.25) is 0 Å². The van der Waals surface area contributed by atoms with Gasteiger partial charge in [-0.25, -0.2) is 4.39 Å². The van der Waals surface area contributed by atoms with E-state index in [1.54, 1.807) is 23.9 Å². The minimum atomic E-state index is -0.903. The van der Waals surface area contributed by atoms with Gasteiger partial charge in [-0.2, -0.15) is 0 Å². The van der Waals surface area contributed by atoms with Crippen LogP contribution < -0.4 is 9.80 Å². The van der Waals surface area contributed by atoms with Crippen LogP contribution in [0.4, 0.5) is 15.8 Å². The Morgan fingerprint density at radius 3 is 2.28 bits per heavy atom. The lowest BCUT2D eigenvalue weighted by molar-refractivity contribution is -0.135. The molecule has 0 aliphatic heterocycles. The van der Waals surface area contributed by atoms with Crippen molar-refractivity contribution in [2.75, 3.05) is 29.1 Å². The van der Waals surface area contributed by atoms with Crippen molar-refractivity contribution in [2.24, 2.45) is 0 Å². The van der Waals surface area contributed by atoms with E-state index in [0.29, 0.717) is 6.54 Å². The zero-order chi connectivity index (χ0) is 23.1. The molecular formula is C26H29FN2O2S. The number of nitrogens with zero attached hydrogens (tertiary/aromatic N) is 2. The van der Waals surface area contributed by atoms with E-state index in [1.807, 2.05) is 29.2 Å². The van der Waals surface area contributed by atoms with Gasteiger partial charge < -0.3 is 14.9 Å². The van der Waals surface area contributed by atoms with Crippen molar-refractivity contribution in [3.8, 4) is 0 Å². The van der Waals surface area contributed by atoms with Crippen molar-refractivity contribution in [2.45, 2.75) is 31.8 Å². The highest BCUT2D eigenvalue weighted by molar-refractivity contribution is 7.99. The lowest BCUT2D eigenvalue weighted by Crippen LogP contribution is -2.29. The summed E-state index contributed by atoms with van der Waals surface area (Å²) in [7, 11) is 2.09. The maximum absolute atomic E-state index is 13.3. The zero-order valence-electron chi connectivity index (χ0n) is 18.7. The van der Waals surface area contributed by atoms with Gasteiger partial charge in [0.15, 0.2) is 0 Å². The zero-order valence-corrected chi connectivity index (χ0v) is 19.5. The molecule has 3 aromatic rings. The number of carbonyl (C=O) groups is 1. The average molecular weight is 453 g/mol. The van der Waals surface area contributed by atoms with Crippen molar-refractivity contribution in [3.05, 3.63) is 89.2 Å². The number of halogens is 1. The fourth-order valence-electron chi connectivity index (χ4n) is 3.81. The van der Waals surface area contributed by atoms with Crippen molar-refractivity contribution < 1.29 is 14.3 Å². The van der Waals surface area contributed by atoms with Gasteiger partial charge in [0, 0.05) is 30.7 Å². The van der Waals surface area contributed by atoms with E-state index in [0.717, 1.165) is 39.7 Å². The van der Waals surface area contributed by atoms with Crippen LogP contribution in [0.5, 0.6) is 0 Å². The Bertz CT molecular complexity index is 1040. The molecule has 0 saturated heterocycles. The second-order valence-electron chi connectivity index (χ2n) is 7.76. The van der Waals surface area contributed by atoms with Crippen molar-refractivity contribution >= 4 is 29.1 Å². The molecule has 3 rings (SSSR count). The van der Waals surface area contributed by atoms with Crippen LogP contribution in [0.25, 0.3) is 0 Å². The number of carboxylic acid groups (broad SMARTS) is 1. The number of rotatable bonds is 10. The molecule has 0 bridgehead atoms. The molecule has 0 unspecified atom stereocenters. The summed E-state index contributed by atoms with van der Waals surface area (Å²) in [6.45, 7) is 5.22. The van der Waals surface area contributed by atoms with Gasteiger partial charge in [-0.3, -0.25) is 4.79 Å². The van der Waals surface area contributed by atoms with Gasteiger partial charge in [0.25, 0.3) is 0 Å². The number of benzene rings is 3. The fraction of sp³-hybridized carbons (Fsp3) is 0.269. The van der Waals surface area contributed by atoms with Gasteiger partial charge in [0.05, 0.1) is 5.69 Å². The van der Waals surface area contributed by atoms with Gasteiger partial charge in [-0.1, -0.05) is 49.4 Å². The predicted octanol–water partition coefficient (Wildman–Crippen LogP) is 5.97. The standard InChI is InChI=1S/C26H29FN2O2S/c1-4-32-24-15-23(29(18-25(30)31)17-21-10-12-22(27)13-11-21)14-19(2)26(24)28(3)16-20-8-6-5-7-9-20/h5-15H,4,16-18H2,1-3H3,(H,30,31). The molecule has 0 aromatic heterocycles. The maximum atomic E-state index is 13.3. The molecule has 0 radical (unpaired) electrons. The number of aliphatic carboxylic acids is 1. The predicted molar refractivity (Wildman–Crippen MR) is 131 cm³/mol. The van der Waals surface area contributed by atoms with E-state index < -0.39 is 5.97 Å². The van der Waals surface area contributed by atoms with Crippen LogP contribution in [0.3, 0.4) is 0 Å². The quantitative estimate of drug-likeness (QED) is 0.384. The molecule has 3 aromatic carbocycles. The molecule has 168 valence electrons. The highest BCUT2D eigenvalue weighted by atomic mass is 32.2. The second-order valence-corrected chi connectivity index (χ2v) is 9.07. The number of hydrogen-bond donors (Lipinski definition) is 1. The van der Waals surface area contributed by atoms with E-state index >= 15 is 0 Å². The Balaban J connectivity index is 1.95. The topological polar surface area (TPSA) is 43.8 Å². The van der Waals surface area contributed by atoms with Crippen LogP contribution >= 0.6 is 11.8 Å². The third kappa shape index (κ3) is 6.26. The summed E-state index contributed by atoms with van der Waals surface area (Å²) in [5.41, 5.74) is 5.19. The Labute approximate surface area is 193 Å². The molecule has 32 heavy (non-hydrogen) atoms. The minimum Gasteiger partial charge on any atom is -0.480 e. The highest BCUT2D eigenvalue weighted by Crippen LogP contribution is 2.37. The van der Waals surface area contributed by atoms with Crippen molar-refractivity contribution in [3.63, 3.8) is 0 Å². The molecule has 0 spiro atoms. The molecule has 0 fully saturated rings. The van der Waals surface area contributed by atoms with Gasteiger partial charge >= 0.3 is 5.97 Å². The lowest BCUT2D eigenvalue weighted by Gasteiger charge is -2.29. The average Bonchev–Trinajstić information content (AvgIpc) is 2.75. The first-order valence-corrected chi connectivity index (χ1v) is 11.6. The first-order valence-electron chi connectivity index (χ1n) is 10.6. The molecule has 0 aliphatic carbocycles. The molecule has 4 nitrogen and oxygen atoms in total. The van der Waals surface area contributed by atoms with Crippen LogP contribution in [0.15, 0.2) is 71.6 Å². The summed E-state index contributed by atoms with van der Waals surface area (Å²) < 4.78 is 13.3. The smallest absolute Gasteiger partial charge is 0.323 e. The number of carboxylic acids is 1. The number of hydrogen-bond acceptors (Lipinski definition) is 4. The summed E-state index contributed by atoms with van der Waals surface area (Å²) in [4.78, 5) is 16.8. The fourth-order valence-corrected chi connectivity index (χ4v) is 4.78. The SMILES string of the molecule is CCSc1cc(N(CC(=O)O)Cc2ccc(F)cc2)cc(C)c1N(C)Cc1ccccc1. The number of anilines is 2. The number of thioether (sulfide) groups is 1. The molecule has 0 saturated carbocycles. The Morgan fingerprint density at radius 2 is 1.66 bits per heavy atom. The summed E-state index contributed by atoms with van der Waals surface area (Å²) in [5, 5.41) is 9.50. The third-order valence-electron chi connectivity index (χ3n) is 5.17. The van der Waals surface area contributed by atoms with Gasteiger partial charge in [0.1, 0.15) is 12.4 Å². The monoisotopic (exact) mass is 452 g/mol. The molecular weight excluding hydrogens is 423 g/mol. The summed E-state index contributed by atoms with van der Waals surface area (Å²) in [6, 6.07) is 20.6. The molecule has 0 heterocycles. The molecule has 0 atom stereocenters. The van der Waals surface area contributed by atoms with Crippen LogP contribution in [-0.4, -0.2) is 30.4 Å². The number of aryl methyl sites for hydroxylation is 1. The largest absolute Gasteiger partial charge is 0.480 e. The molecule has 6 heteroatoms. The highest BCUT2D eigenvalue weighted by Gasteiger charge is 2.18. The van der Waals surface area contributed by atoms with Crippen LogP contribution in [0.1, 0.15) is 23.6 Å². The van der Waals surface area contributed by atoms with Crippen LogP contribution in [0, 0.1) is 12.7 Å². The van der Waals surface area contributed by atoms with E-state index in [4.69, 9.17) is 0 Å². The Kier molecular flexibility index (Phi) is 8.17. The minimum absolute atomic E-state index is 0.133. The van der Waals surface area contributed by atoms with Gasteiger partial charge in [0.2, 0.25) is 0 Å². The van der Waals surface area contributed by atoms with Crippen molar-refractivity contribution in [1.82, 2.24) is 0 Å². The van der Waals surface area contributed by atoms with E-state index in [2.05, 4.69) is 44.0 Å². The van der Waals surface area contributed by atoms with Gasteiger partial charge in [-0.05, 0) is 53.6 Å². The summed E-state index contributed by atoms with van der Waals surface area (Å²) in [6.07, 6.45) is 0. The lowest BCUT2D eigenvalue weighted by atomic mass is 10.1. The second kappa shape index (κ2) is 11.0. The first-order chi connectivity index (χ1) is 15.4. The van der Waals surface area contributed by atoms with E-state index in [1.165, 1.54) is 17.7 Å². The molecule has 0 amide bonds. The molecule has 1 N–H and O–H groups in total. The van der Waals surface area contributed by atoms with Gasteiger partial charge in [-0.15, -0.1) is 11.8 Å². The summed E-state index contributed by atoms with van der Waals surface area (Å²) >= 11 is 1.75. The molecule has 0 aliphatic rings. The first kappa shape index (κ1) is 23.7. The van der Waals surface area contributed by atoms with E-state index in [9.17, 15) is 14.3 Å². The normalized spacial score (nSPS) is 10.8. The Hall–Kier alpha value is -2.99. The van der Waals surface area contributed by atoms with Crippen LogP contribution in [-0.2, 0) is 17.9 Å². The third-order valence-corrected chi connectivity index (χ3v) is 6.08. The summed E-state index contributed by atoms with van der Waals surface area (Å²) in [5.74, 6) is -0.298. The maximum Gasteiger partial charge on any atom is 0.323 e. The van der Waals surface area contributed by atoms with Crippen molar-refractivity contribution in [1.29, 1.82) is 0 Å². The Morgan fingerprint density at radius 1 is 1.00 bits per heavy atom.